The molecule has 1 unspecified atom stereocenters. The molecule has 3 aromatic rings. The molecular formula is C25H25Cl2FN6OS. The second-order valence-electron chi connectivity index (χ2n) is 9.12. The number of halogens is 3. The molecule has 0 amide bonds. The van der Waals surface area contributed by atoms with Crippen LogP contribution in [0.3, 0.4) is 0 Å². The van der Waals surface area contributed by atoms with E-state index < -0.39 is 16.8 Å². The number of aromatic nitrogens is 2. The first-order valence-corrected chi connectivity index (χ1v) is 13.4. The number of hydrogen-bond acceptors (Lipinski definition) is 5. The van der Waals surface area contributed by atoms with E-state index in [9.17, 15) is 8.60 Å². The molecule has 7 nitrogen and oxygen atoms in total. The van der Waals surface area contributed by atoms with Gasteiger partial charge in [0.15, 0.2) is 28.5 Å². The van der Waals surface area contributed by atoms with Crippen LogP contribution in [0.4, 0.5) is 10.2 Å². The summed E-state index contributed by atoms with van der Waals surface area (Å²) in [6.07, 6.45) is 4.91. The number of hydrazone groups is 1. The predicted octanol–water partition coefficient (Wildman–Crippen LogP) is 4.87. The van der Waals surface area contributed by atoms with Crippen molar-refractivity contribution >= 4 is 45.8 Å². The molecule has 1 atom stereocenters. The van der Waals surface area contributed by atoms with Crippen molar-refractivity contribution in [2.24, 2.45) is 5.10 Å². The highest BCUT2D eigenvalue weighted by atomic mass is 35.5. The Balaban J connectivity index is 1.47. The van der Waals surface area contributed by atoms with Crippen LogP contribution in [-0.4, -0.2) is 50.1 Å². The number of nitrogens with one attached hydrogen (secondary N) is 1. The van der Waals surface area contributed by atoms with E-state index >= 15 is 0 Å². The van der Waals surface area contributed by atoms with Crippen LogP contribution in [0, 0.1) is 19.7 Å². The second-order valence-corrected chi connectivity index (χ2v) is 11.2. The average molecular weight is 547 g/mol. The summed E-state index contributed by atoms with van der Waals surface area (Å²) in [6.45, 7) is 5.48. The summed E-state index contributed by atoms with van der Waals surface area (Å²) < 4.78 is 27.6. The number of piperazine rings is 1. The monoisotopic (exact) mass is 546 g/mol. The predicted molar refractivity (Wildman–Crippen MR) is 141 cm³/mol. The summed E-state index contributed by atoms with van der Waals surface area (Å²) in [4.78, 5) is 16.2. The molecule has 2 fully saturated rings. The Hall–Kier alpha value is -2.75. The third-order valence-electron chi connectivity index (χ3n) is 6.60. The maximum atomic E-state index is 14.6. The first-order valence-electron chi connectivity index (χ1n) is 11.5. The fourth-order valence-electron chi connectivity index (χ4n) is 4.56. The molecule has 1 N–H and O–H groups in total. The Bertz CT molecular complexity index is 1330. The summed E-state index contributed by atoms with van der Waals surface area (Å²) in [7, 11) is -1.56. The largest absolute Gasteiger partial charge is 0.350 e. The lowest BCUT2D eigenvalue weighted by Gasteiger charge is -2.44. The Morgan fingerprint density at radius 2 is 1.89 bits per heavy atom. The Morgan fingerprint density at radius 1 is 1.14 bits per heavy atom. The molecule has 0 radical (unpaired) electrons. The van der Waals surface area contributed by atoms with E-state index in [4.69, 9.17) is 23.2 Å². The fourth-order valence-corrected chi connectivity index (χ4v) is 5.64. The summed E-state index contributed by atoms with van der Waals surface area (Å²) in [6, 6.07) is 10.4. The molecule has 36 heavy (non-hydrogen) atoms. The van der Waals surface area contributed by atoms with Gasteiger partial charge < -0.3 is 9.80 Å². The topological polar surface area (TPSA) is 73.7 Å². The molecule has 11 heteroatoms. The SMILES string of the molecule is Cc1ccc(S(=O)N/N=C(/c2c(Cl)ccnc2C)N2CCN(c3ncc(Cl)cc3F)CC23CC3)cc1. The second kappa shape index (κ2) is 9.95. The molecule has 1 saturated heterocycles. The lowest BCUT2D eigenvalue weighted by molar-refractivity contribution is 0.257. The molecule has 0 bridgehead atoms. The van der Waals surface area contributed by atoms with Crippen LogP contribution in [0.15, 0.2) is 58.8 Å². The summed E-state index contributed by atoms with van der Waals surface area (Å²) >= 11 is 12.5. The Morgan fingerprint density at radius 3 is 2.56 bits per heavy atom. The number of pyridine rings is 2. The van der Waals surface area contributed by atoms with Gasteiger partial charge in [-0.1, -0.05) is 40.9 Å². The number of amidine groups is 1. The zero-order valence-corrected chi connectivity index (χ0v) is 22.2. The van der Waals surface area contributed by atoms with Gasteiger partial charge in [0.2, 0.25) is 0 Å². The molecule has 1 aliphatic heterocycles. The summed E-state index contributed by atoms with van der Waals surface area (Å²) in [5.74, 6) is 0.424. The zero-order valence-electron chi connectivity index (χ0n) is 19.8. The number of hydrogen-bond donors (Lipinski definition) is 1. The number of rotatable bonds is 5. The van der Waals surface area contributed by atoms with Gasteiger partial charge in [0.1, 0.15) is 0 Å². The van der Waals surface area contributed by atoms with E-state index in [0.29, 0.717) is 46.6 Å². The van der Waals surface area contributed by atoms with Gasteiger partial charge in [0.05, 0.1) is 26.0 Å². The van der Waals surface area contributed by atoms with Crippen LogP contribution < -0.4 is 9.73 Å². The molecule has 1 aliphatic carbocycles. The van der Waals surface area contributed by atoms with E-state index in [1.807, 2.05) is 43.0 Å². The lowest BCUT2D eigenvalue weighted by Crippen LogP contribution is -2.58. The Kier molecular flexibility index (Phi) is 6.89. The van der Waals surface area contributed by atoms with Crippen molar-refractivity contribution in [2.75, 3.05) is 24.5 Å². The van der Waals surface area contributed by atoms with E-state index in [0.717, 1.165) is 18.4 Å². The van der Waals surface area contributed by atoms with Gasteiger partial charge >= 0.3 is 0 Å². The molecule has 188 valence electrons. The standard InChI is InChI=1S/C25H25Cl2FN6OS/c1-16-3-5-19(6-4-16)36(35)32-31-24(22-17(2)29-10-7-20(22)27)34-12-11-33(15-25(34)8-9-25)23-21(28)13-18(26)14-30-23/h3-7,10,13-14,32H,8-9,11-12,15H2,1-2H3/b31-24-. The maximum Gasteiger partial charge on any atom is 0.167 e. The van der Waals surface area contributed by atoms with E-state index in [1.54, 1.807) is 12.3 Å². The highest BCUT2D eigenvalue weighted by molar-refractivity contribution is 7.83. The van der Waals surface area contributed by atoms with E-state index in [2.05, 4.69) is 24.8 Å². The molecule has 1 spiro atoms. The van der Waals surface area contributed by atoms with Gasteiger partial charge in [-0.25, -0.2) is 18.4 Å². The molecule has 1 aromatic carbocycles. The van der Waals surface area contributed by atoms with E-state index in [-0.39, 0.29) is 16.4 Å². The molecule has 2 aliphatic rings. The normalized spacial score (nSPS) is 17.9. The average Bonchev–Trinajstić information content (AvgIpc) is 3.61. The molecule has 3 heterocycles. The quantitative estimate of drug-likeness (QED) is 0.281. The molecular weight excluding hydrogens is 522 g/mol. The molecule has 5 rings (SSSR count). The first kappa shape index (κ1) is 24.9. The molecule has 2 aromatic heterocycles. The highest BCUT2D eigenvalue weighted by Gasteiger charge is 2.53. The lowest BCUT2D eigenvalue weighted by atomic mass is 10.1. The minimum Gasteiger partial charge on any atom is -0.350 e. The number of aryl methyl sites for hydroxylation is 2. The Labute approximate surface area is 221 Å². The van der Waals surface area contributed by atoms with Crippen LogP contribution in [0.2, 0.25) is 10.0 Å². The number of nitrogens with zero attached hydrogens (tertiary/aromatic N) is 5. The smallest absolute Gasteiger partial charge is 0.167 e. The van der Waals surface area contributed by atoms with Gasteiger partial charge in [-0.3, -0.25) is 4.98 Å². The third kappa shape index (κ3) is 4.92. The van der Waals surface area contributed by atoms with Crippen molar-refractivity contribution in [2.45, 2.75) is 37.1 Å². The zero-order chi connectivity index (χ0) is 25.4. The van der Waals surface area contributed by atoms with Crippen LogP contribution in [0.25, 0.3) is 0 Å². The number of anilines is 1. The van der Waals surface area contributed by atoms with Crippen LogP contribution >= 0.6 is 23.2 Å². The van der Waals surface area contributed by atoms with Gasteiger partial charge in [-0.05, 0) is 51.0 Å². The van der Waals surface area contributed by atoms with Crippen LogP contribution in [-0.2, 0) is 11.0 Å². The van der Waals surface area contributed by atoms with Crippen molar-refractivity contribution in [1.29, 1.82) is 0 Å². The van der Waals surface area contributed by atoms with E-state index in [1.165, 1.54) is 12.3 Å². The molecule has 1 saturated carbocycles. The van der Waals surface area contributed by atoms with Crippen molar-refractivity contribution in [3.8, 4) is 0 Å². The van der Waals surface area contributed by atoms with Crippen LogP contribution in [0.1, 0.15) is 29.7 Å². The minimum atomic E-state index is -1.56. The number of benzene rings is 1. The minimum absolute atomic E-state index is 0.264. The van der Waals surface area contributed by atoms with Crippen molar-refractivity contribution in [3.05, 3.63) is 81.5 Å². The fraction of sp³-hybridized carbons (Fsp3) is 0.320. The first-order chi connectivity index (χ1) is 17.3. The van der Waals surface area contributed by atoms with Crippen LogP contribution in [0.5, 0.6) is 0 Å². The summed E-state index contributed by atoms with van der Waals surface area (Å²) in [5.41, 5.74) is 2.21. The van der Waals surface area contributed by atoms with Gasteiger partial charge in [-0.2, -0.15) is 0 Å². The van der Waals surface area contributed by atoms with Gasteiger partial charge in [-0.15, -0.1) is 5.10 Å². The maximum absolute atomic E-state index is 14.6. The van der Waals surface area contributed by atoms with Crippen molar-refractivity contribution < 1.29 is 8.60 Å². The summed E-state index contributed by atoms with van der Waals surface area (Å²) in [5, 5.41) is 5.41. The van der Waals surface area contributed by atoms with Gasteiger partial charge in [0.25, 0.3) is 0 Å². The highest BCUT2D eigenvalue weighted by Crippen LogP contribution is 2.46. The van der Waals surface area contributed by atoms with Crippen molar-refractivity contribution in [1.82, 2.24) is 19.7 Å². The third-order valence-corrected chi connectivity index (χ3v) is 8.08. The van der Waals surface area contributed by atoms with Gasteiger partial charge in [0, 0.05) is 37.7 Å². The van der Waals surface area contributed by atoms with Crippen molar-refractivity contribution in [3.63, 3.8) is 0 Å².